The highest BCUT2D eigenvalue weighted by Crippen LogP contribution is 2.49. The number of hydrogen-bond donors (Lipinski definition) is 9. The number of benzene rings is 5. The van der Waals surface area contributed by atoms with Crippen molar-refractivity contribution in [3.63, 3.8) is 0 Å². The van der Waals surface area contributed by atoms with E-state index in [1.807, 2.05) is 24.3 Å². The van der Waals surface area contributed by atoms with Crippen LogP contribution in [-0.4, -0.2) is 288 Å². The minimum atomic E-state index is -1.71. The van der Waals surface area contributed by atoms with Crippen molar-refractivity contribution in [1.29, 1.82) is 0 Å². The Labute approximate surface area is 694 Å². The summed E-state index contributed by atoms with van der Waals surface area (Å²) in [4.78, 5) is 139. The summed E-state index contributed by atoms with van der Waals surface area (Å²) in [5, 5.41) is 55.1. The van der Waals surface area contributed by atoms with Crippen molar-refractivity contribution >= 4 is 133 Å². The van der Waals surface area contributed by atoms with Crippen LogP contribution in [0.1, 0.15) is 81.0 Å². The first-order chi connectivity index (χ1) is 56.9. The lowest BCUT2D eigenvalue weighted by Crippen LogP contribution is -2.60. The third kappa shape index (κ3) is 23.9. The van der Waals surface area contributed by atoms with Gasteiger partial charge in [-0.05, 0) is 70.5 Å². The lowest BCUT2D eigenvalue weighted by atomic mass is 9.95. The van der Waals surface area contributed by atoms with E-state index in [4.69, 9.17) is 76.3 Å². The number of carbonyl (C=O) groups is 10. The molecule has 9 atom stereocenters. The van der Waals surface area contributed by atoms with E-state index in [0.29, 0.717) is 97.0 Å². The number of aliphatic hydroxyl groups is 4. The molecule has 0 spiro atoms. The molecule has 1 saturated heterocycles. The largest absolute Gasteiger partial charge is 0.461 e. The number of imide groups is 1. The van der Waals surface area contributed by atoms with Crippen LogP contribution in [-0.2, 0) is 68.5 Å². The van der Waals surface area contributed by atoms with Crippen molar-refractivity contribution in [1.82, 2.24) is 30.7 Å². The minimum absolute atomic E-state index is 0.00291. The van der Waals surface area contributed by atoms with Crippen LogP contribution in [0, 0.1) is 5.92 Å². The summed E-state index contributed by atoms with van der Waals surface area (Å²) in [5.41, 5.74) is 8.59. The summed E-state index contributed by atoms with van der Waals surface area (Å²) in [5.74, 6) is -3.69. The Balaban J connectivity index is 0.652. The lowest BCUT2D eigenvalue weighted by Gasteiger charge is -2.39. The molecule has 11 amide bonds. The first-order valence-electron chi connectivity index (χ1n) is 38.7. The second-order valence-corrected chi connectivity index (χ2v) is 30.2. The van der Waals surface area contributed by atoms with Gasteiger partial charge in [0, 0.05) is 118 Å². The first-order valence-corrected chi connectivity index (χ1v) is 40.6. The fourth-order valence-corrected chi connectivity index (χ4v) is 15.0. The third-order valence-electron chi connectivity index (χ3n) is 20.0. The van der Waals surface area contributed by atoms with Gasteiger partial charge >= 0.3 is 18.2 Å². The number of urea groups is 1. The molecule has 0 saturated carbocycles. The molecule has 0 radical (unpaired) electrons. The fraction of sp³-hybridized carbons (Fsp3) is 0.481. The van der Waals surface area contributed by atoms with Gasteiger partial charge in [-0.15, -0.1) is 34.5 Å². The molecule has 118 heavy (non-hydrogen) atoms. The summed E-state index contributed by atoms with van der Waals surface area (Å²) in [7, 11) is 3.00. The SMILES string of the molecule is CC(C)C(NC(=O)CCOCCOCCOCCOCCOCCOCCN1C(=O)C=CC1=O)C(=O)NC(CCCNC(N)=O)C(=O)Nc1ccc(COC(=O)N(C)CCN(C)C(=O)Oc2cc3c(c4ccccc24)C(CCl)CN3C(=O)c2ccc(C(=O)N3CC(CCl)c4c3cc(OC3OC(CO)C(O)C(O)C3O)c3ccccc43)s2)cc1. The maximum absolute atomic E-state index is 14.9. The van der Waals surface area contributed by atoms with Gasteiger partial charge in [-0.2, -0.15) is 0 Å². The highest BCUT2D eigenvalue weighted by atomic mass is 35.5. The molecule has 4 aliphatic rings. The van der Waals surface area contributed by atoms with Crippen molar-refractivity contribution in [2.45, 2.75) is 94.3 Å². The zero-order chi connectivity index (χ0) is 84.5. The van der Waals surface area contributed by atoms with Crippen LogP contribution in [0.3, 0.4) is 0 Å². The van der Waals surface area contributed by atoms with Crippen molar-refractivity contribution in [3.8, 4) is 11.5 Å². The van der Waals surface area contributed by atoms with Crippen LogP contribution < -0.4 is 46.3 Å². The molecule has 4 aliphatic heterocycles. The highest BCUT2D eigenvalue weighted by molar-refractivity contribution is 7.16. The predicted molar refractivity (Wildman–Crippen MR) is 434 cm³/mol. The first kappa shape index (κ1) is 90.6. The zero-order valence-corrected chi connectivity index (χ0v) is 68.1. The number of alkyl halides is 2. The van der Waals surface area contributed by atoms with Gasteiger partial charge in [-0.25, -0.2) is 14.4 Å². The number of nitrogens with two attached hydrogens (primary N) is 1. The number of halogens is 2. The normalized spacial score (nSPS) is 18.6. The van der Waals surface area contributed by atoms with Gasteiger partial charge in [-0.1, -0.05) is 74.5 Å². The van der Waals surface area contributed by atoms with Crippen LogP contribution in [0.15, 0.2) is 109 Å². The van der Waals surface area contributed by atoms with E-state index in [2.05, 4.69) is 21.3 Å². The maximum atomic E-state index is 14.9. The third-order valence-corrected chi connectivity index (χ3v) is 21.8. The zero-order valence-electron chi connectivity index (χ0n) is 65.8. The van der Waals surface area contributed by atoms with E-state index in [0.717, 1.165) is 27.4 Å². The van der Waals surface area contributed by atoms with E-state index >= 15 is 0 Å². The molecular formula is C81H100Cl2N10O24S. The second kappa shape index (κ2) is 44.4. The minimum Gasteiger partial charge on any atom is -0.461 e. The molecule has 5 aromatic carbocycles. The van der Waals surface area contributed by atoms with Crippen LogP contribution in [0.25, 0.3) is 21.5 Å². The molecule has 37 heteroatoms. The van der Waals surface area contributed by atoms with Crippen LogP contribution >= 0.6 is 34.5 Å². The topological polar surface area (TPSA) is 434 Å². The van der Waals surface area contributed by atoms with E-state index in [1.54, 1.807) is 96.4 Å². The number of hydrogen-bond acceptors (Lipinski definition) is 25. The van der Waals surface area contributed by atoms with Gasteiger partial charge in [0.2, 0.25) is 24.0 Å². The molecule has 1 fully saturated rings. The molecule has 6 aromatic rings. The number of fused-ring (bicyclic) bond motifs is 6. The molecule has 0 aliphatic carbocycles. The Morgan fingerprint density at radius 1 is 0.619 bits per heavy atom. The van der Waals surface area contributed by atoms with Crippen molar-refractivity contribution < 1.29 is 116 Å². The molecule has 34 nitrogen and oxygen atoms in total. The van der Waals surface area contributed by atoms with E-state index in [9.17, 15) is 68.4 Å². The Kier molecular flexibility index (Phi) is 34.1. The van der Waals surface area contributed by atoms with Gasteiger partial charge in [0.1, 0.15) is 54.6 Å². The quantitative estimate of drug-likeness (QED) is 0.0133. The number of likely N-dealkylation sites (N-methyl/N-ethyl adjacent to an activating group) is 2. The molecule has 0 bridgehead atoms. The molecule has 9 unspecified atom stereocenters. The molecular weight excluding hydrogens is 1600 g/mol. The Morgan fingerprint density at radius 2 is 1.12 bits per heavy atom. The second-order valence-electron chi connectivity index (χ2n) is 28.5. The summed E-state index contributed by atoms with van der Waals surface area (Å²) < 4.78 is 56.6. The maximum Gasteiger partial charge on any atom is 0.415 e. The van der Waals surface area contributed by atoms with Gasteiger partial charge in [-0.3, -0.25) is 38.5 Å². The number of thiophene rings is 1. The average molecular weight is 1700 g/mol. The molecule has 5 heterocycles. The number of primary amides is 1. The van der Waals surface area contributed by atoms with Crippen molar-refractivity contribution in [3.05, 3.63) is 136 Å². The van der Waals surface area contributed by atoms with Gasteiger partial charge in [0.05, 0.1) is 114 Å². The number of amides is 11. The van der Waals surface area contributed by atoms with Gasteiger partial charge in [0.25, 0.3) is 23.6 Å². The predicted octanol–water partition coefficient (Wildman–Crippen LogP) is 5.33. The molecule has 10 rings (SSSR count). The Bertz CT molecular complexity index is 4500. The number of nitrogens with zero attached hydrogens (tertiary/aromatic N) is 5. The summed E-state index contributed by atoms with van der Waals surface area (Å²) in [6.07, 6.45) is -6.54. The van der Waals surface area contributed by atoms with E-state index in [1.165, 1.54) is 36.0 Å². The van der Waals surface area contributed by atoms with Crippen molar-refractivity contribution in [2.24, 2.45) is 11.7 Å². The highest BCUT2D eigenvalue weighted by Gasteiger charge is 2.46. The summed E-state index contributed by atoms with van der Waals surface area (Å²) >= 11 is 14.3. The Morgan fingerprint density at radius 3 is 1.64 bits per heavy atom. The number of nitrogens with one attached hydrogen (secondary N) is 4. The van der Waals surface area contributed by atoms with Crippen LogP contribution in [0.4, 0.5) is 31.4 Å². The van der Waals surface area contributed by atoms with Crippen LogP contribution in [0.2, 0.25) is 0 Å². The monoisotopic (exact) mass is 1700 g/mol. The van der Waals surface area contributed by atoms with Crippen molar-refractivity contribution in [2.75, 3.05) is 166 Å². The molecule has 10 N–H and O–H groups in total. The molecule has 1 aromatic heterocycles. The van der Waals surface area contributed by atoms with E-state index in [-0.39, 0.29) is 148 Å². The number of anilines is 3. The molecule has 638 valence electrons. The number of carbonyl (C=O) groups excluding carboxylic acids is 10. The van der Waals surface area contributed by atoms with E-state index < -0.39 is 103 Å². The van der Waals surface area contributed by atoms with Crippen LogP contribution in [0.5, 0.6) is 11.5 Å². The summed E-state index contributed by atoms with van der Waals surface area (Å²) in [6, 6.07) is 24.4. The Hall–Kier alpha value is -9.70. The lowest BCUT2D eigenvalue weighted by molar-refractivity contribution is -0.277. The average Bonchev–Trinajstić information content (AvgIpc) is 1.58. The van der Waals surface area contributed by atoms with Gasteiger partial charge in [0.15, 0.2) is 0 Å². The standard InChI is InChI=1S/C81H100Cl2N10O24S/c1-48(2)70(88-65(95)23-28-108-30-32-110-34-36-112-38-39-113-37-35-111-33-31-109-29-27-91-66(96)21-22-67(91)97)75(102)87-57(14-9-24-85-79(84)105)74(101)86-52-17-15-49(16-18-52)47-114-80(106)89(3)25-26-90(4)81(107)117-61-41-59-69(56-13-8-6-11-54(56)61)51(43-83)45-93(59)77(104)64-20-19-63(118-64)76(103)92-44-50(42-82)68-55-12-7-5-10-53(55)60(40-58(68)92)115-78-73(100)72(99)71(98)62(46-94)116-78/h5-8,10-13,15-22,40-41,48,50-51,57,62,70-73,78,94,98-100H,9,14,23-39,42-47H2,1-4H3,(H,86,101)(H,87,102)(H,88,95)(H3,84,85,105). The smallest absolute Gasteiger partial charge is 0.415 e. The number of aliphatic hydroxyl groups excluding tert-OH is 4. The fourth-order valence-electron chi connectivity index (χ4n) is 13.6. The number of rotatable bonds is 44. The summed E-state index contributed by atoms with van der Waals surface area (Å²) in [6.45, 7) is 6.69. The van der Waals surface area contributed by atoms with Gasteiger partial charge < -0.3 is 114 Å². The number of ether oxygens (including phenoxy) is 10.